The fraction of sp³-hybridized carbons (Fsp3) is 0.444. The van der Waals surface area contributed by atoms with Gasteiger partial charge in [-0.1, -0.05) is 0 Å². The summed E-state index contributed by atoms with van der Waals surface area (Å²) in [5.41, 5.74) is -0.0178. The van der Waals surface area contributed by atoms with E-state index < -0.39 is 33.8 Å². The van der Waals surface area contributed by atoms with Crippen molar-refractivity contribution >= 4 is 27.8 Å². The molecule has 0 bridgehead atoms. The van der Waals surface area contributed by atoms with Crippen molar-refractivity contribution in [2.75, 3.05) is 18.6 Å². The Hall–Kier alpha value is -1.97. The number of anilines is 1. The number of H-pyrrole nitrogens is 1. The predicted octanol–water partition coefficient (Wildman–Crippen LogP) is -0.399. The van der Waals surface area contributed by atoms with Crippen LogP contribution in [0.1, 0.15) is 16.9 Å². The van der Waals surface area contributed by atoms with Crippen LogP contribution in [-0.2, 0) is 19.8 Å². The highest BCUT2D eigenvalue weighted by Gasteiger charge is 2.40. The van der Waals surface area contributed by atoms with Crippen molar-refractivity contribution in [1.29, 1.82) is 0 Å². The van der Waals surface area contributed by atoms with E-state index in [0.717, 1.165) is 12.0 Å². The average Bonchev–Trinajstić information content (AvgIpc) is 2.92. The van der Waals surface area contributed by atoms with E-state index in [9.17, 15) is 21.9 Å². The van der Waals surface area contributed by atoms with Gasteiger partial charge in [0.05, 0.1) is 19.0 Å². The van der Waals surface area contributed by atoms with Gasteiger partial charge in [-0.15, -0.1) is 3.89 Å². The third kappa shape index (κ3) is 2.43. The molecule has 2 rings (SSSR count). The maximum Gasteiger partial charge on any atom is 0.358 e. The van der Waals surface area contributed by atoms with Crippen molar-refractivity contribution in [1.82, 2.24) is 10.2 Å². The van der Waals surface area contributed by atoms with Gasteiger partial charge in [0.25, 0.3) is 0 Å². The number of carbonyl (C=O) groups is 2. The molecule has 1 aromatic heterocycles. The average molecular weight is 291 g/mol. The van der Waals surface area contributed by atoms with Crippen LogP contribution in [0.4, 0.5) is 9.57 Å². The molecule has 0 radical (unpaired) electrons. The van der Waals surface area contributed by atoms with Crippen LogP contribution in [0.3, 0.4) is 0 Å². The van der Waals surface area contributed by atoms with E-state index >= 15 is 0 Å². The Morgan fingerprint density at radius 3 is 2.84 bits per heavy atom. The summed E-state index contributed by atoms with van der Waals surface area (Å²) < 4.78 is 39.0. The number of ether oxygens (including phenoxy) is 1. The van der Waals surface area contributed by atoms with E-state index in [-0.39, 0.29) is 17.9 Å². The minimum Gasteiger partial charge on any atom is -0.464 e. The monoisotopic (exact) mass is 291 g/mol. The van der Waals surface area contributed by atoms with Crippen LogP contribution in [0.2, 0.25) is 0 Å². The predicted molar refractivity (Wildman–Crippen MR) is 60.7 cm³/mol. The number of aromatic nitrogens is 2. The van der Waals surface area contributed by atoms with Crippen LogP contribution < -0.4 is 4.90 Å². The van der Waals surface area contributed by atoms with Crippen molar-refractivity contribution in [3.63, 3.8) is 0 Å². The number of nitrogens with one attached hydrogen (secondary N) is 1. The molecule has 104 valence electrons. The lowest BCUT2D eigenvalue weighted by Gasteiger charge is -2.14. The second-order valence-corrected chi connectivity index (χ2v) is 5.55. The first-order valence-electron chi connectivity index (χ1n) is 5.20. The maximum atomic E-state index is 12.9. The zero-order valence-electron chi connectivity index (χ0n) is 9.79. The second kappa shape index (κ2) is 4.61. The Morgan fingerprint density at radius 2 is 2.32 bits per heavy atom. The molecular formula is C9H10FN3O5S. The Morgan fingerprint density at radius 1 is 1.63 bits per heavy atom. The Bertz CT molecular complexity index is 626. The summed E-state index contributed by atoms with van der Waals surface area (Å²) in [6, 6.07) is 0. The fourth-order valence-electron chi connectivity index (χ4n) is 1.83. The van der Waals surface area contributed by atoms with Crippen molar-refractivity contribution in [2.45, 2.75) is 11.7 Å². The number of esters is 1. The summed E-state index contributed by atoms with van der Waals surface area (Å²) >= 11 is 0. The van der Waals surface area contributed by atoms with Crippen LogP contribution in [0.15, 0.2) is 6.20 Å². The molecule has 1 atom stereocenters. The Labute approximate surface area is 107 Å². The maximum absolute atomic E-state index is 12.9. The van der Waals surface area contributed by atoms with Gasteiger partial charge in [-0.2, -0.15) is 13.5 Å². The normalized spacial score (nSPS) is 19.8. The van der Waals surface area contributed by atoms with Crippen LogP contribution in [0.5, 0.6) is 0 Å². The molecular weight excluding hydrogens is 281 g/mol. The number of hydrogen-bond acceptors (Lipinski definition) is 6. The quantitative estimate of drug-likeness (QED) is 0.599. The molecule has 8 nitrogen and oxygen atoms in total. The molecule has 1 N–H and O–H groups in total. The topological polar surface area (TPSA) is 109 Å². The number of methoxy groups -OCH3 is 1. The zero-order valence-corrected chi connectivity index (χ0v) is 10.6. The summed E-state index contributed by atoms with van der Waals surface area (Å²) in [4.78, 5) is 24.1. The van der Waals surface area contributed by atoms with Crippen molar-refractivity contribution in [3.8, 4) is 0 Å². The first kappa shape index (κ1) is 13.5. The molecule has 0 aliphatic carbocycles. The van der Waals surface area contributed by atoms with Gasteiger partial charge in [-0.25, -0.2) is 4.79 Å². The number of carbonyl (C=O) groups excluding carboxylic acids is 2. The first-order valence-corrected chi connectivity index (χ1v) is 6.64. The first-order chi connectivity index (χ1) is 8.84. The standard InChI is InChI=1S/C9H10FN3O5S/c1-18-9(15)8-6(3-11-12-8)13-4-5(2-7(13)14)19(10,16)17/h3,5H,2,4H2,1H3,(H,11,12). The molecule has 1 unspecified atom stereocenters. The van der Waals surface area contributed by atoms with Gasteiger partial charge < -0.3 is 9.64 Å². The summed E-state index contributed by atoms with van der Waals surface area (Å²) in [7, 11) is -3.66. The molecule has 0 spiro atoms. The summed E-state index contributed by atoms with van der Waals surface area (Å²) in [6.07, 6.45) is 0.710. The van der Waals surface area contributed by atoms with Crippen molar-refractivity contribution in [2.24, 2.45) is 0 Å². The number of amides is 1. The van der Waals surface area contributed by atoms with Crippen LogP contribution in [-0.4, -0.2) is 49.4 Å². The number of nitrogens with zero attached hydrogens (tertiary/aromatic N) is 2. The van der Waals surface area contributed by atoms with Crippen LogP contribution >= 0.6 is 0 Å². The van der Waals surface area contributed by atoms with Gasteiger partial charge in [0.15, 0.2) is 5.69 Å². The molecule has 1 aliphatic heterocycles. The largest absolute Gasteiger partial charge is 0.464 e. The second-order valence-electron chi connectivity index (χ2n) is 3.93. The van der Waals surface area contributed by atoms with E-state index in [2.05, 4.69) is 14.9 Å². The number of hydrogen-bond donors (Lipinski definition) is 1. The van der Waals surface area contributed by atoms with Crippen LogP contribution in [0, 0.1) is 0 Å². The highest BCUT2D eigenvalue weighted by Crippen LogP contribution is 2.27. The number of rotatable bonds is 3. The minimum atomic E-state index is -4.81. The van der Waals surface area contributed by atoms with E-state index in [1.165, 1.54) is 6.20 Å². The van der Waals surface area contributed by atoms with Crippen LogP contribution in [0.25, 0.3) is 0 Å². The summed E-state index contributed by atoms with van der Waals surface area (Å²) in [6.45, 7) is -0.360. The van der Waals surface area contributed by atoms with Gasteiger partial charge >= 0.3 is 16.2 Å². The SMILES string of the molecule is COC(=O)c1[nH]ncc1N1CC(S(=O)(=O)F)CC1=O. The lowest BCUT2D eigenvalue weighted by molar-refractivity contribution is -0.117. The summed E-state index contributed by atoms with van der Waals surface area (Å²) in [5.74, 6) is -1.36. The molecule has 19 heavy (non-hydrogen) atoms. The van der Waals surface area contributed by atoms with E-state index in [4.69, 9.17) is 0 Å². The van der Waals surface area contributed by atoms with E-state index in [1.54, 1.807) is 0 Å². The van der Waals surface area contributed by atoms with E-state index in [0.29, 0.717) is 0 Å². The van der Waals surface area contributed by atoms with Gasteiger partial charge in [0.2, 0.25) is 5.91 Å². The molecule has 1 fully saturated rings. The highest BCUT2D eigenvalue weighted by molar-refractivity contribution is 7.87. The minimum absolute atomic E-state index is 0.0722. The molecule has 10 heteroatoms. The van der Waals surface area contributed by atoms with Gasteiger partial charge in [0.1, 0.15) is 5.25 Å². The lowest BCUT2D eigenvalue weighted by atomic mass is 10.3. The lowest BCUT2D eigenvalue weighted by Crippen LogP contribution is -2.28. The third-order valence-corrected chi connectivity index (χ3v) is 3.90. The molecule has 0 aromatic carbocycles. The van der Waals surface area contributed by atoms with Gasteiger partial charge in [-0.3, -0.25) is 9.89 Å². The highest BCUT2D eigenvalue weighted by atomic mass is 32.3. The molecule has 2 heterocycles. The van der Waals surface area contributed by atoms with E-state index in [1.807, 2.05) is 0 Å². The summed E-state index contributed by atoms with van der Waals surface area (Å²) in [5, 5.41) is 4.51. The fourth-order valence-corrected chi connectivity index (χ4v) is 2.50. The van der Waals surface area contributed by atoms with Crippen molar-refractivity contribution in [3.05, 3.63) is 11.9 Å². The number of halogens is 1. The Balaban J connectivity index is 2.32. The third-order valence-electron chi connectivity index (χ3n) is 2.79. The molecule has 1 saturated heterocycles. The zero-order chi connectivity index (χ0) is 14.2. The molecule has 0 saturated carbocycles. The van der Waals surface area contributed by atoms with Gasteiger partial charge in [-0.05, 0) is 0 Å². The number of aromatic amines is 1. The Kier molecular flexibility index (Phi) is 3.27. The molecule has 1 aliphatic rings. The van der Waals surface area contributed by atoms with Crippen molar-refractivity contribution < 1.29 is 26.6 Å². The van der Waals surface area contributed by atoms with Gasteiger partial charge in [0, 0.05) is 13.0 Å². The molecule has 1 amide bonds. The smallest absolute Gasteiger partial charge is 0.358 e. The molecule has 1 aromatic rings.